The zero-order valence-electron chi connectivity index (χ0n) is 14.3. The first kappa shape index (κ1) is 19.8. The molecule has 3 aromatic rings. The number of aromatic nitrogens is 3. The van der Waals surface area contributed by atoms with E-state index in [2.05, 4.69) is 14.7 Å². The third-order valence-electron chi connectivity index (χ3n) is 3.51. The molecule has 3 rings (SSSR count). The van der Waals surface area contributed by atoms with Crippen LogP contribution < -0.4 is 5.32 Å². The molecule has 0 fully saturated rings. The number of carbonyl (C=O) groups is 1. The Balaban J connectivity index is 1.88. The monoisotopic (exact) mass is 433 g/mol. The Hall–Kier alpha value is -3.00. The fourth-order valence-electron chi connectivity index (χ4n) is 2.25. The Bertz CT molecular complexity index is 1220. The van der Waals surface area contributed by atoms with E-state index in [1.54, 1.807) is 41.1 Å². The molecule has 1 amide bonds. The second-order valence-corrected chi connectivity index (χ2v) is 8.60. The molecule has 2 aromatic heterocycles. The van der Waals surface area contributed by atoms with Crippen molar-refractivity contribution in [1.29, 1.82) is 5.26 Å². The van der Waals surface area contributed by atoms with Gasteiger partial charge in [-0.1, -0.05) is 23.7 Å². The van der Waals surface area contributed by atoms with Crippen molar-refractivity contribution in [3.05, 3.63) is 58.9 Å². The molecule has 0 unspecified atom stereocenters. The van der Waals surface area contributed by atoms with Crippen LogP contribution in [-0.2, 0) is 14.6 Å². The minimum atomic E-state index is -3.58. The van der Waals surface area contributed by atoms with Crippen molar-refractivity contribution in [2.45, 2.75) is 5.16 Å². The van der Waals surface area contributed by atoms with Gasteiger partial charge in [-0.3, -0.25) is 10.1 Å². The third kappa shape index (κ3) is 4.28. The van der Waals surface area contributed by atoms with Gasteiger partial charge in [-0.25, -0.2) is 8.42 Å². The van der Waals surface area contributed by atoms with Gasteiger partial charge in [0.15, 0.2) is 0 Å². The van der Waals surface area contributed by atoms with Crippen LogP contribution in [0.3, 0.4) is 0 Å². The van der Waals surface area contributed by atoms with Gasteiger partial charge in [0.1, 0.15) is 11.6 Å². The Morgan fingerprint density at radius 3 is 2.71 bits per heavy atom. The molecule has 1 aromatic carbocycles. The van der Waals surface area contributed by atoms with Gasteiger partial charge in [-0.05, 0) is 30.3 Å². The summed E-state index contributed by atoms with van der Waals surface area (Å²) in [5.74, 6) is -0.731. The molecule has 11 heteroatoms. The Labute approximate surface area is 169 Å². The molecule has 1 N–H and O–H groups in total. The topological polar surface area (TPSA) is 118 Å². The zero-order valence-corrected chi connectivity index (χ0v) is 16.7. The number of hydrogen-bond acceptors (Lipinski definition) is 7. The van der Waals surface area contributed by atoms with Crippen LogP contribution in [0.25, 0.3) is 11.8 Å². The van der Waals surface area contributed by atoms with Crippen LogP contribution in [0.5, 0.6) is 0 Å². The number of nitrogens with zero attached hydrogens (tertiary/aromatic N) is 4. The molecule has 142 valence electrons. The summed E-state index contributed by atoms with van der Waals surface area (Å²) in [7, 11) is -3.58. The highest BCUT2D eigenvalue weighted by Gasteiger charge is 2.18. The summed E-state index contributed by atoms with van der Waals surface area (Å²) in [6.45, 7) is 0. The fraction of sp³-hybridized carbons (Fsp3) is 0.0588. The van der Waals surface area contributed by atoms with Crippen LogP contribution in [0.4, 0.5) is 5.13 Å². The van der Waals surface area contributed by atoms with E-state index in [4.69, 9.17) is 11.6 Å². The average molecular weight is 434 g/mol. The summed E-state index contributed by atoms with van der Waals surface area (Å²) >= 11 is 6.93. The minimum absolute atomic E-state index is 0.0203. The van der Waals surface area contributed by atoms with E-state index in [9.17, 15) is 18.5 Å². The highest BCUT2D eigenvalue weighted by atomic mass is 35.5. The SMILES string of the molecule is CS(=O)(=O)c1nsc(NC(=O)/C(C#N)=C\c2cccn2-c2ccccc2Cl)n1. The molecule has 2 heterocycles. The first-order valence-corrected chi connectivity index (χ1v) is 10.7. The maximum absolute atomic E-state index is 12.4. The van der Waals surface area contributed by atoms with E-state index in [0.717, 1.165) is 6.26 Å². The number of nitriles is 1. The van der Waals surface area contributed by atoms with Crippen molar-refractivity contribution in [3.8, 4) is 11.8 Å². The number of para-hydroxylation sites is 1. The second kappa shape index (κ2) is 7.93. The molecule has 8 nitrogen and oxygen atoms in total. The van der Waals surface area contributed by atoms with Crippen molar-refractivity contribution in [2.24, 2.45) is 0 Å². The predicted molar refractivity (Wildman–Crippen MR) is 106 cm³/mol. The maximum Gasteiger partial charge on any atom is 0.268 e. The molecule has 0 spiro atoms. The lowest BCUT2D eigenvalue weighted by Crippen LogP contribution is -2.14. The van der Waals surface area contributed by atoms with E-state index in [1.807, 2.05) is 12.1 Å². The quantitative estimate of drug-likeness (QED) is 0.488. The molecule has 0 aliphatic heterocycles. The van der Waals surface area contributed by atoms with Crippen LogP contribution in [0, 0.1) is 11.3 Å². The van der Waals surface area contributed by atoms with Crippen LogP contribution >= 0.6 is 23.1 Å². The van der Waals surface area contributed by atoms with Gasteiger partial charge in [0.05, 0.1) is 10.7 Å². The smallest absolute Gasteiger partial charge is 0.268 e. The van der Waals surface area contributed by atoms with Crippen LogP contribution in [-0.4, -0.2) is 34.5 Å². The standard InChI is InChI=1S/C17H12ClN5O3S2/c1-28(25,26)17-21-16(27-22-17)20-15(24)11(10-19)9-12-5-4-8-23(12)14-7-3-2-6-13(14)18/h2-9H,1H3,(H,20,21,22,24)/b11-9-. The molecular weight excluding hydrogens is 422 g/mol. The Kier molecular flexibility index (Phi) is 5.60. The van der Waals surface area contributed by atoms with E-state index in [1.165, 1.54) is 6.08 Å². The lowest BCUT2D eigenvalue weighted by atomic mass is 10.2. The number of nitrogens with one attached hydrogen (secondary N) is 1. The van der Waals surface area contributed by atoms with Gasteiger partial charge < -0.3 is 4.57 Å². The molecule has 0 atom stereocenters. The molecule has 0 saturated heterocycles. The summed E-state index contributed by atoms with van der Waals surface area (Å²) in [4.78, 5) is 16.1. The minimum Gasteiger partial charge on any atom is -0.316 e. The van der Waals surface area contributed by atoms with Gasteiger partial charge >= 0.3 is 0 Å². The number of amides is 1. The zero-order chi connectivity index (χ0) is 20.3. The van der Waals surface area contributed by atoms with Gasteiger partial charge in [0, 0.05) is 29.7 Å². The molecule has 0 bridgehead atoms. The number of carbonyl (C=O) groups excluding carboxylic acids is 1. The summed E-state index contributed by atoms with van der Waals surface area (Å²) < 4.78 is 28.3. The third-order valence-corrected chi connectivity index (χ3v) is 5.42. The van der Waals surface area contributed by atoms with Crippen LogP contribution in [0.1, 0.15) is 5.69 Å². The Morgan fingerprint density at radius 1 is 1.32 bits per heavy atom. The second-order valence-electron chi connectivity index (χ2n) is 5.53. The molecule has 0 saturated carbocycles. The lowest BCUT2D eigenvalue weighted by Gasteiger charge is -2.09. The number of halogens is 1. The van der Waals surface area contributed by atoms with Gasteiger partial charge in [0.25, 0.3) is 11.1 Å². The predicted octanol–water partition coefficient (Wildman–Crippen LogP) is 2.93. The van der Waals surface area contributed by atoms with Crippen molar-refractivity contribution in [2.75, 3.05) is 11.6 Å². The number of anilines is 1. The maximum atomic E-state index is 12.4. The van der Waals surface area contributed by atoms with E-state index in [0.29, 0.717) is 27.9 Å². The van der Waals surface area contributed by atoms with Crippen molar-refractivity contribution >= 4 is 50.1 Å². The van der Waals surface area contributed by atoms with E-state index in [-0.39, 0.29) is 15.9 Å². The Morgan fingerprint density at radius 2 is 2.07 bits per heavy atom. The van der Waals surface area contributed by atoms with Gasteiger partial charge in [-0.15, -0.1) is 0 Å². The number of sulfone groups is 1. The normalized spacial score (nSPS) is 11.8. The van der Waals surface area contributed by atoms with Crippen molar-refractivity contribution in [1.82, 2.24) is 13.9 Å². The first-order valence-electron chi connectivity index (χ1n) is 7.69. The average Bonchev–Trinajstić information content (AvgIpc) is 3.29. The van der Waals surface area contributed by atoms with Crippen molar-refractivity contribution in [3.63, 3.8) is 0 Å². The van der Waals surface area contributed by atoms with Crippen molar-refractivity contribution < 1.29 is 13.2 Å². The van der Waals surface area contributed by atoms with Gasteiger partial charge in [0.2, 0.25) is 15.0 Å². The molecule has 0 aliphatic carbocycles. The molecule has 28 heavy (non-hydrogen) atoms. The summed E-state index contributed by atoms with van der Waals surface area (Å²) in [5.41, 5.74) is 1.07. The van der Waals surface area contributed by atoms with E-state index < -0.39 is 15.7 Å². The molecule has 0 aliphatic rings. The summed E-state index contributed by atoms with van der Waals surface area (Å²) in [6.07, 6.45) is 4.12. The molecular formula is C17H12ClN5O3S2. The fourth-order valence-corrected chi connectivity index (χ4v) is 3.92. The van der Waals surface area contributed by atoms with Crippen LogP contribution in [0.15, 0.2) is 53.3 Å². The highest BCUT2D eigenvalue weighted by Crippen LogP contribution is 2.23. The first-order chi connectivity index (χ1) is 13.3. The summed E-state index contributed by atoms with van der Waals surface area (Å²) in [6, 6.07) is 12.5. The number of benzene rings is 1. The van der Waals surface area contributed by atoms with Crippen LogP contribution in [0.2, 0.25) is 5.02 Å². The number of rotatable bonds is 5. The largest absolute Gasteiger partial charge is 0.316 e. The summed E-state index contributed by atoms with van der Waals surface area (Å²) in [5, 5.41) is 11.9. The lowest BCUT2D eigenvalue weighted by molar-refractivity contribution is -0.112. The van der Waals surface area contributed by atoms with E-state index >= 15 is 0 Å². The van der Waals surface area contributed by atoms with Gasteiger partial charge in [-0.2, -0.15) is 14.6 Å². The number of hydrogen-bond donors (Lipinski definition) is 1. The highest BCUT2D eigenvalue weighted by molar-refractivity contribution is 7.90. The molecule has 0 radical (unpaired) electrons.